The number of rotatable bonds is 6. The Hall–Kier alpha value is -1.40. The van der Waals surface area contributed by atoms with Gasteiger partial charge in [0.2, 0.25) is 0 Å². The summed E-state index contributed by atoms with van der Waals surface area (Å²) in [6.07, 6.45) is -9.56. The van der Waals surface area contributed by atoms with E-state index in [1.165, 1.54) is 0 Å². The highest BCUT2D eigenvalue weighted by Gasteiger charge is 2.33. The van der Waals surface area contributed by atoms with E-state index in [1.54, 1.807) is 0 Å². The maximum Gasteiger partial charge on any atom is 0.422 e. The minimum absolute atomic E-state index is 0.495. The molecule has 0 aromatic heterocycles. The summed E-state index contributed by atoms with van der Waals surface area (Å²) in [4.78, 5) is -0.867. The van der Waals surface area contributed by atoms with Crippen LogP contribution in [0.15, 0.2) is 17.0 Å². The lowest BCUT2D eigenvalue weighted by atomic mass is 10.1. The van der Waals surface area contributed by atoms with Gasteiger partial charge in [0.25, 0.3) is 9.05 Å². The lowest BCUT2D eigenvalue weighted by Crippen LogP contribution is -2.22. The second-order valence-electron chi connectivity index (χ2n) is 4.32. The van der Waals surface area contributed by atoms with Crippen molar-refractivity contribution in [1.29, 1.82) is 0 Å². The standard InChI is InChI=1S/C11H10ClF6NO4S/c12-24(20,21)8-2-1-7(22-4-10(13,14)15)6(3-19)9(8)23-5-11(16,17)18/h1-2H,3-5,19H2. The number of benzene rings is 1. The molecule has 13 heteroatoms. The van der Waals surface area contributed by atoms with Crippen molar-refractivity contribution in [2.75, 3.05) is 13.2 Å². The largest absolute Gasteiger partial charge is 0.484 e. The predicted molar refractivity (Wildman–Crippen MR) is 70.5 cm³/mol. The molecule has 0 saturated heterocycles. The molecule has 138 valence electrons. The molecule has 1 aromatic rings. The molecule has 0 aliphatic rings. The first-order chi connectivity index (χ1) is 10.7. The second-order valence-corrected chi connectivity index (χ2v) is 6.85. The van der Waals surface area contributed by atoms with E-state index in [-0.39, 0.29) is 0 Å². The first kappa shape index (κ1) is 20.6. The van der Waals surface area contributed by atoms with Gasteiger partial charge in [-0.3, -0.25) is 0 Å². The highest BCUT2D eigenvalue weighted by atomic mass is 35.7. The molecule has 0 heterocycles. The molecule has 0 unspecified atom stereocenters. The average Bonchev–Trinajstić information content (AvgIpc) is 2.39. The summed E-state index contributed by atoms with van der Waals surface area (Å²) in [6, 6.07) is 1.46. The third-order valence-corrected chi connectivity index (χ3v) is 3.77. The van der Waals surface area contributed by atoms with E-state index in [2.05, 4.69) is 9.47 Å². The van der Waals surface area contributed by atoms with Crippen LogP contribution in [0.3, 0.4) is 0 Å². The lowest BCUT2D eigenvalue weighted by molar-refractivity contribution is -0.154. The number of halogens is 7. The minimum atomic E-state index is -4.83. The molecule has 0 saturated carbocycles. The Morgan fingerprint density at radius 2 is 1.50 bits per heavy atom. The van der Waals surface area contributed by atoms with Gasteiger partial charge in [-0.2, -0.15) is 26.3 Å². The summed E-state index contributed by atoms with van der Waals surface area (Å²) < 4.78 is 105. The summed E-state index contributed by atoms with van der Waals surface area (Å²) >= 11 is 0. The summed E-state index contributed by atoms with van der Waals surface area (Å²) in [5, 5.41) is 0. The van der Waals surface area contributed by atoms with Crippen LogP contribution in [0, 0.1) is 0 Å². The topological polar surface area (TPSA) is 78.6 Å². The van der Waals surface area contributed by atoms with Crippen molar-refractivity contribution in [3.8, 4) is 11.5 Å². The third kappa shape index (κ3) is 6.24. The van der Waals surface area contributed by atoms with E-state index in [4.69, 9.17) is 16.4 Å². The van der Waals surface area contributed by atoms with Crippen molar-refractivity contribution in [2.45, 2.75) is 23.8 Å². The zero-order valence-electron chi connectivity index (χ0n) is 11.5. The van der Waals surface area contributed by atoms with Crippen LogP contribution in [0.1, 0.15) is 5.56 Å². The molecule has 0 bridgehead atoms. The first-order valence-electron chi connectivity index (χ1n) is 5.94. The molecular weight excluding hydrogens is 392 g/mol. The number of alkyl halides is 6. The Morgan fingerprint density at radius 3 is 1.92 bits per heavy atom. The minimum Gasteiger partial charge on any atom is -0.484 e. The third-order valence-electron chi connectivity index (χ3n) is 2.42. The van der Waals surface area contributed by atoms with Gasteiger partial charge in [-0.05, 0) is 12.1 Å². The Kier molecular flexibility index (Phi) is 6.22. The van der Waals surface area contributed by atoms with Crippen molar-refractivity contribution in [1.82, 2.24) is 0 Å². The van der Waals surface area contributed by atoms with Gasteiger partial charge < -0.3 is 15.2 Å². The molecule has 2 N–H and O–H groups in total. The molecule has 1 aromatic carbocycles. The molecule has 0 atom stereocenters. The molecule has 0 fully saturated rings. The normalized spacial score (nSPS) is 13.0. The van der Waals surface area contributed by atoms with Crippen LogP contribution >= 0.6 is 10.7 Å². The van der Waals surface area contributed by atoms with Gasteiger partial charge in [0.05, 0.1) is 5.56 Å². The van der Waals surface area contributed by atoms with Crippen molar-refractivity contribution in [3.63, 3.8) is 0 Å². The molecular formula is C11H10ClF6NO4S. The van der Waals surface area contributed by atoms with Crippen molar-refractivity contribution >= 4 is 19.7 Å². The van der Waals surface area contributed by atoms with Gasteiger partial charge in [0, 0.05) is 17.2 Å². The Balaban J connectivity index is 3.35. The van der Waals surface area contributed by atoms with E-state index in [1.807, 2.05) is 0 Å². The summed E-state index contributed by atoms with van der Waals surface area (Å²) in [5.74, 6) is -1.49. The van der Waals surface area contributed by atoms with Gasteiger partial charge in [-0.25, -0.2) is 8.42 Å². The van der Waals surface area contributed by atoms with E-state index < -0.39 is 63.1 Å². The van der Waals surface area contributed by atoms with Crippen LogP contribution in [0.25, 0.3) is 0 Å². The van der Waals surface area contributed by atoms with Crippen LogP contribution in [-0.4, -0.2) is 34.0 Å². The smallest absolute Gasteiger partial charge is 0.422 e. The molecule has 0 spiro atoms. The van der Waals surface area contributed by atoms with Crippen molar-refractivity contribution in [2.24, 2.45) is 5.73 Å². The number of hydrogen-bond donors (Lipinski definition) is 1. The first-order valence-corrected chi connectivity index (χ1v) is 8.25. The number of nitrogens with two attached hydrogens (primary N) is 1. The second kappa shape index (κ2) is 7.23. The van der Waals surface area contributed by atoms with Gasteiger partial charge in [-0.1, -0.05) is 0 Å². The van der Waals surface area contributed by atoms with E-state index in [0.29, 0.717) is 6.07 Å². The number of hydrogen-bond acceptors (Lipinski definition) is 5. The maximum atomic E-state index is 12.3. The molecule has 24 heavy (non-hydrogen) atoms. The number of ether oxygens (including phenoxy) is 2. The highest BCUT2D eigenvalue weighted by Crippen LogP contribution is 2.38. The van der Waals surface area contributed by atoms with Crippen LogP contribution in [0.2, 0.25) is 0 Å². The van der Waals surface area contributed by atoms with Crippen LogP contribution in [0.5, 0.6) is 11.5 Å². The Morgan fingerprint density at radius 1 is 1.00 bits per heavy atom. The van der Waals surface area contributed by atoms with E-state index in [0.717, 1.165) is 6.07 Å². The molecule has 0 radical (unpaired) electrons. The zero-order chi connectivity index (χ0) is 18.8. The van der Waals surface area contributed by atoms with Gasteiger partial charge in [-0.15, -0.1) is 0 Å². The van der Waals surface area contributed by atoms with E-state index in [9.17, 15) is 34.8 Å². The monoisotopic (exact) mass is 401 g/mol. The SMILES string of the molecule is NCc1c(OCC(F)(F)F)ccc(S(=O)(=O)Cl)c1OCC(F)(F)F. The fourth-order valence-corrected chi connectivity index (χ4v) is 2.58. The molecule has 0 amide bonds. The van der Waals surface area contributed by atoms with Crippen molar-refractivity contribution in [3.05, 3.63) is 17.7 Å². The van der Waals surface area contributed by atoms with Gasteiger partial charge >= 0.3 is 12.4 Å². The molecule has 0 aliphatic carbocycles. The molecule has 1 rings (SSSR count). The Labute approximate surface area is 136 Å². The quantitative estimate of drug-likeness (QED) is 0.585. The maximum absolute atomic E-state index is 12.3. The zero-order valence-corrected chi connectivity index (χ0v) is 13.1. The van der Waals surface area contributed by atoms with Crippen molar-refractivity contribution < 1.29 is 44.2 Å². The summed E-state index contributed by atoms with van der Waals surface area (Å²) in [5.41, 5.74) is 4.79. The lowest BCUT2D eigenvalue weighted by Gasteiger charge is -2.19. The predicted octanol–water partition coefficient (Wildman–Crippen LogP) is 2.96. The molecule has 0 aliphatic heterocycles. The summed E-state index contributed by atoms with van der Waals surface area (Å²) in [6.45, 7) is -4.31. The van der Waals surface area contributed by atoms with Crippen LogP contribution in [0.4, 0.5) is 26.3 Å². The van der Waals surface area contributed by atoms with Crippen LogP contribution < -0.4 is 15.2 Å². The van der Waals surface area contributed by atoms with Gasteiger partial charge in [0.15, 0.2) is 13.2 Å². The fraction of sp³-hybridized carbons (Fsp3) is 0.455. The summed E-state index contributed by atoms with van der Waals surface area (Å²) in [7, 11) is 0.547. The highest BCUT2D eigenvalue weighted by molar-refractivity contribution is 8.13. The molecule has 5 nitrogen and oxygen atoms in total. The Bertz CT molecular complexity index is 689. The van der Waals surface area contributed by atoms with E-state index >= 15 is 0 Å². The average molecular weight is 402 g/mol. The van der Waals surface area contributed by atoms with Crippen LogP contribution in [-0.2, 0) is 15.6 Å². The fourth-order valence-electron chi connectivity index (χ4n) is 1.58. The van der Waals surface area contributed by atoms with Gasteiger partial charge in [0.1, 0.15) is 16.4 Å².